The second-order valence-corrected chi connectivity index (χ2v) is 8.39. The highest BCUT2D eigenvalue weighted by molar-refractivity contribution is 7.89. The molecule has 0 aliphatic carbocycles. The van der Waals surface area contributed by atoms with Crippen LogP contribution in [-0.4, -0.2) is 30.4 Å². The Bertz CT molecular complexity index is 1150. The normalized spacial score (nSPS) is 12.3. The average molecular weight is 378 g/mol. The highest BCUT2D eigenvalue weighted by Crippen LogP contribution is 2.32. The molecule has 1 aromatic heterocycles. The van der Waals surface area contributed by atoms with Gasteiger partial charge in [-0.15, -0.1) is 0 Å². The van der Waals surface area contributed by atoms with E-state index < -0.39 is 10.0 Å². The molecule has 0 saturated carbocycles. The van der Waals surface area contributed by atoms with Crippen LogP contribution in [0.2, 0.25) is 0 Å². The molecule has 0 bridgehead atoms. The zero-order valence-electron chi connectivity index (χ0n) is 15.5. The van der Waals surface area contributed by atoms with E-state index in [0.29, 0.717) is 18.0 Å². The molecule has 0 N–H and O–H groups in total. The van der Waals surface area contributed by atoms with Crippen LogP contribution in [0.4, 0.5) is 0 Å². The van der Waals surface area contributed by atoms with Gasteiger partial charge in [0.05, 0.1) is 15.9 Å². The third kappa shape index (κ3) is 2.83. The molecule has 0 aliphatic rings. The summed E-state index contributed by atoms with van der Waals surface area (Å²) in [5, 5.41) is 2.38. The van der Waals surface area contributed by atoms with Gasteiger partial charge in [-0.2, -0.15) is 4.31 Å². The summed E-state index contributed by atoms with van der Waals surface area (Å²) in [6, 6.07) is 23.7. The summed E-state index contributed by atoms with van der Waals surface area (Å²) < 4.78 is 29.1. The first-order valence-electron chi connectivity index (χ1n) is 9.16. The third-order valence-corrected chi connectivity index (χ3v) is 7.08. The molecule has 0 atom stereocenters. The molecule has 138 valence electrons. The molecular weight excluding hydrogens is 356 g/mol. The number of aromatic nitrogens is 1. The molecule has 5 heteroatoms. The summed E-state index contributed by atoms with van der Waals surface area (Å²) in [7, 11) is -3.45. The number of para-hydroxylation sites is 2. The fourth-order valence-corrected chi connectivity index (χ4v) is 5.14. The number of hydrogen-bond donors (Lipinski definition) is 0. The van der Waals surface area contributed by atoms with Crippen LogP contribution in [0.3, 0.4) is 0 Å². The van der Waals surface area contributed by atoms with Crippen molar-refractivity contribution in [1.29, 1.82) is 0 Å². The quantitative estimate of drug-likeness (QED) is 0.500. The van der Waals surface area contributed by atoms with Gasteiger partial charge < -0.3 is 4.57 Å². The standard InChI is InChI=1S/C22H22N2O2S/c1-3-23(4-2)27(25,26)18-15-13-17(14-16-18)24-21-11-7-5-9-19(21)20-10-6-8-12-22(20)24/h5-16H,3-4H2,1-2H3. The summed E-state index contributed by atoms with van der Waals surface area (Å²) in [5.41, 5.74) is 3.17. The molecule has 0 unspecified atom stereocenters. The lowest BCUT2D eigenvalue weighted by Gasteiger charge is -2.18. The van der Waals surface area contributed by atoms with Crippen molar-refractivity contribution in [1.82, 2.24) is 8.87 Å². The fraction of sp³-hybridized carbons (Fsp3) is 0.182. The first-order valence-corrected chi connectivity index (χ1v) is 10.6. The maximum Gasteiger partial charge on any atom is 0.243 e. The van der Waals surface area contributed by atoms with Crippen molar-refractivity contribution in [2.75, 3.05) is 13.1 Å². The monoisotopic (exact) mass is 378 g/mol. The minimum absolute atomic E-state index is 0.329. The second kappa shape index (κ2) is 6.83. The van der Waals surface area contributed by atoms with Gasteiger partial charge in [0.25, 0.3) is 0 Å². The van der Waals surface area contributed by atoms with Crippen molar-refractivity contribution < 1.29 is 8.42 Å². The predicted molar refractivity (Wildman–Crippen MR) is 111 cm³/mol. The number of sulfonamides is 1. The molecule has 3 aromatic carbocycles. The van der Waals surface area contributed by atoms with Crippen LogP contribution >= 0.6 is 0 Å². The number of fused-ring (bicyclic) bond motifs is 3. The zero-order valence-corrected chi connectivity index (χ0v) is 16.3. The van der Waals surface area contributed by atoms with Gasteiger partial charge in [-0.25, -0.2) is 8.42 Å². The van der Waals surface area contributed by atoms with Crippen molar-refractivity contribution in [3.8, 4) is 5.69 Å². The second-order valence-electron chi connectivity index (χ2n) is 6.45. The van der Waals surface area contributed by atoms with Crippen LogP contribution in [0.15, 0.2) is 77.7 Å². The van der Waals surface area contributed by atoms with Crippen molar-refractivity contribution in [3.05, 3.63) is 72.8 Å². The Balaban J connectivity index is 1.88. The van der Waals surface area contributed by atoms with Crippen LogP contribution in [0.25, 0.3) is 27.5 Å². The highest BCUT2D eigenvalue weighted by Gasteiger charge is 2.21. The maximum absolute atomic E-state index is 12.7. The van der Waals surface area contributed by atoms with E-state index in [-0.39, 0.29) is 0 Å². The largest absolute Gasteiger partial charge is 0.309 e. The lowest BCUT2D eigenvalue weighted by Crippen LogP contribution is -2.30. The lowest BCUT2D eigenvalue weighted by atomic mass is 10.2. The Morgan fingerprint density at radius 1 is 0.741 bits per heavy atom. The molecule has 1 heterocycles. The molecule has 0 amide bonds. The smallest absolute Gasteiger partial charge is 0.243 e. The predicted octanol–water partition coefficient (Wildman–Crippen LogP) is 4.81. The van der Waals surface area contributed by atoms with Crippen molar-refractivity contribution in [2.24, 2.45) is 0 Å². The van der Waals surface area contributed by atoms with Crippen LogP contribution in [0, 0.1) is 0 Å². The topological polar surface area (TPSA) is 42.3 Å². The lowest BCUT2D eigenvalue weighted by molar-refractivity contribution is 0.445. The first kappa shape index (κ1) is 17.8. The summed E-state index contributed by atoms with van der Waals surface area (Å²) in [6.45, 7) is 4.64. The van der Waals surface area contributed by atoms with Crippen molar-refractivity contribution >= 4 is 31.8 Å². The van der Waals surface area contributed by atoms with E-state index >= 15 is 0 Å². The Hall–Kier alpha value is -2.63. The van der Waals surface area contributed by atoms with Gasteiger partial charge in [-0.3, -0.25) is 0 Å². The summed E-state index contributed by atoms with van der Waals surface area (Å²) in [6.07, 6.45) is 0. The Labute approximate surface area is 159 Å². The summed E-state index contributed by atoms with van der Waals surface area (Å²) >= 11 is 0. The average Bonchev–Trinajstić information content (AvgIpc) is 3.03. The van der Waals surface area contributed by atoms with Gasteiger partial charge in [-0.1, -0.05) is 50.2 Å². The number of nitrogens with zero attached hydrogens (tertiary/aromatic N) is 2. The van der Waals surface area contributed by atoms with Gasteiger partial charge in [0.15, 0.2) is 0 Å². The third-order valence-electron chi connectivity index (χ3n) is 5.02. The van der Waals surface area contributed by atoms with Crippen LogP contribution in [-0.2, 0) is 10.0 Å². The van der Waals surface area contributed by atoms with E-state index in [0.717, 1.165) is 16.7 Å². The van der Waals surface area contributed by atoms with Crippen LogP contribution in [0.5, 0.6) is 0 Å². The minimum atomic E-state index is -3.45. The van der Waals surface area contributed by atoms with Crippen molar-refractivity contribution in [2.45, 2.75) is 18.7 Å². The molecule has 4 rings (SSSR count). The zero-order chi connectivity index (χ0) is 19.0. The molecule has 0 fully saturated rings. The van der Waals surface area contributed by atoms with Gasteiger partial charge in [0.2, 0.25) is 10.0 Å². The minimum Gasteiger partial charge on any atom is -0.309 e. The van der Waals surface area contributed by atoms with Gasteiger partial charge >= 0.3 is 0 Å². The SMILES string of the molecule is CCN(CC)S(=O)(=O)c1ccc(-n2c3ccccc3c3ccccc32)cc1. The van der Waals surface area contributed by atoms with E-state index in [2.05, 4.69) is 28.8 Å². The maximum atomic E-state index is 12.7. The van der Waals surface area contributed by atoms with Gasteiger partial charge in [-0.05, 0) is 36.4 Å². The highest BCUT2D eigenvalue weighted by atomic mass is 32.2. The fourth-order valence-electron chi connectivity index (χ4n) is 3.68. The molecule has 0 radical (unpaired) electrons. The summed E-state index contributed by atoms with van der Waals surface area (Å²) in [4.78, 5) is 0.329. The van der Waals surface area contributed by atoms with E-state index in [9.17, 15) is 8.42 Å². The van der Waals surface area contributed by atoms with Crippen LogP contribution in [0.1, 0.15) is 13.8 Å². The van der Waals surface area contributed by atoms with Gasteiger partial charge in [0.1, 0.15) is 0 Å². The Morgan fingerprint density at radius 2 is 1.22 bits per heavy atom. The number of benzene rings is 3. The van der Waals surface area contributed by atoms with E-state index in [1.807, 2.05) is 50.2 Å². The van der Waals surface area contributed by atoms with E-state index in [4.69, 9.17) is 0 Å². The van der Waals surface area contributed by atoms with Crippen LogP contribution < -0.4 is 0 Å². The number of rotatable bonds is 5. The molecule has 27 heavy (non-hydrogen) atoms. The van der Waals surface area contributed by atoms with Crippen molar-refractivity contribution in [3.63, 3.8) is 0 Å². The molecule has 4 nitrogen and oxygen atoms in total. The molecule has 0 aliphatic heterocycles. The first-order chi connectivity index (χ1) is 13.1. The molecule has 4 aromatic rings. The Kier molecular flexibility index (Phi) is 4.50. The molecule has 0 saturated heterocycles. The van der Waals surface area contributed by atoms with Gasteiger partial charge in [0, 0.05) is 29.5 Å². The Morgan fingerprint density at radius 3 is 1.70 bits per heavy atom. The number of hydrogen-bond acceptors (Lipinski definition) is 2. The summed E-state index contributed by atoms with van der Waals surface area (Å²) in [5.74, 6) is 0. The molecule has 0 spiro atoms. The van der Waals surface area contributed by atoms with E-state index in [1.165, 1.54) is 15.1 Å². The van der Waals surface area contributed by atoms with E-state index in [1.54, 1.807) is 12.1 Å². The molecular formula is C22H22N2O2S.